The summed E-state index contributed by atoms with van der Waals surface area (Å²) < 4.78 is 0. The maximum atomic E-state index is 14.4. The Morgan fingerprint density at radius 3 is 2.36 bits per heavy atom. The molecule has 1 unspecified atom stereocenters. The van der Waals surface area contributed by atoms with E-state index < -0.39 is 16.2 Å². The van der Waals surface area contributed by atoms with Crippen LogP contribution in [0.3, 0.4) is 0 Å². The quantitative estimate of drug-likeness (QED) is 0.510. The second-order valence-corrected chi connectivity index (χ2v) is 15.3. The molecule has 8 atom stereocenters. The average Bonchev–Trinajstić information content (AvgIpc) is 2.87. The second-order valence-electron chi connectivity index (χ2n) is 15.3. The smallest absolute Gasteiger partial charge is 0.226 e. The molecule has 5 aliphatic rings. The third-order valence-electron chi connectivity index (χ3n) is 13.0. The summed E-state index contributed by atoms with van der Waals surface area (Å²) in [4.78, 5) is 40.9. The van der Waals surface area contributed by atoms with E-state index in [1.807, 2.05) is 32.9 Å². The minimum atomic E-state index is -0.671. The first-order valence-electron chi connectivity index (χ1n) is 14.9. The molecule has 6 heteroatoms. The van der Waals surface area contributed by atoms with Gasteiger partial charge in [-0.05, 0) is 79.1 Å². The van der Waals surface area contributed by atoms with Crippen molar-refractivity contribution in [2.24, 2.45) is 50.2 Å². The van der Waals surface area contributed by atoms with Gasteiger partial charge in [0.2, 0.25) is 5.91 Å². The summed E-state index contributed by atoms with van der Waals surface area (Å²) >= 11 is 0. The number of hydrogen-bond donors (Lipinski definition) is 2. The van der Waals surface area contributed by atoms with Crippen molar-refractivity contribution in [2.45, 2.75) is 93.4 Å². The number of nitrogens with one attached hydrogen (secondary N) is 1. The highest BCUT2D eigenvalue weighted by molar-refractivity contribution is 6.04. The van der Waals surface area contributed by atoms with Gasteiger partial charge >= 0.3 is 0 Å². The van der Waals surface area contributed by atoms with Gasteiger partial charge in [0.25, 0.3) is 0 Å². The number of fused-ring (bicyclic) bond motifs is 7. The molecule has 2 N–H and O–H groups in total. The standard InChI is InChI=1S/C33H46N2O4/c1-28(2)23-8-9-32(6)24(31(23,5)17-20(19-34)26(28)38)16-22(37)25-21-18-30(4,27(39)35-14-15-36)11-10-29(21,3)12-13-33(25,32)7/h16-17,21,23,25,36H,8-15,18H2,1-7H3,(H,35,39)/t21-,23?,25-,29+,30-,31-,32+,33+/m0/s1. The Balaban J connectivity index is 1.62. The van der Waals surface area contributed by atoms with Crippen molar-refractivity contribution in [1.29, 1.82) is 5.26 Å². The van der Waals surface area contributed by atoms with Gasteiger partial charge < -0.3 is 10.4 Å². The van der Waals surface area contributed by atoms with Crippen molar-refractivity contribution in [3.8, 4) is 6.07 Å². The molecule has 0 aliphatic heterocycles. The van der Waals surface area contributed by atoms with Gasteiger partial charge in [0.1, 0.15) is 6.07 Å². The molecule has 0 heterocycles. The van der Waals surface area contributed by atoms with Crippen molar-refractivity contribution in [3.05, 3.63) is 23.3 Å². The molecule has 3 saturated carbocycles. The number of aliphatic hydroxyl groups excluding tert-OH is 1. The van der Waals surface area contributed by atoms with Gasteiger partial charge in [0.15, 0.2) is 11.6 Å². The van der Waals surface area contributed by atoms with Crippen LogP contribution in [0.25, 0.3) is 0 Å². The molecule has 5 rings (SSSR count). The topological polar surface area (TPSA) is 107 Å². The van der Waals surface area contributed by atoms with E-state index in [1.165, 1.54) is 0 Å². The van der Waals surface area contributed by atoms with E-state index in [0.717, 1.165) is 44.1 Å². The fourth-order valence-electron chi connectivity index (χ4n) is 10.3. The zero-order valence-corrected chi connectivity index (χ0v) is 24.9. The minimum absolute atomic E-state index is 0.00649. The van der Waals surface area contributed by atoms with Crippen LogP contribution in [0.1, 0.15) is 93.4 Å². The van der Waals surface area contributed by atoms with E-state index in [-0.39, 0.29) is 70.2 Å². The predicted molar refractivity (Wildman–Crippen MR) is 149 cm³/mol. The lowest BCUT2D eigenvalue weighted by Crippen LogP contribution is -2.65. The van der Waals surface area contributed by atoms with Crippen LogP contribution in [0.5, 0.6) is 0 Å². The van der Waals surface area contributed by atoms with E-state index in [9.17, 15) is 24.8 Å². The van der Waals surface area contributed by atoms with Crippen LogP contribution < -0.4 is 5.32 Å². The van der Waals surface area contributed by atoms with Crippen molar-refractivity contribution in [1.82, 2.24) is 5.32 Å². The van der Waals surface area contributed by atoms with E-state index in [4.69, 9.17) is 0 Å². The first-order valence-corrected chi connectivity index (χ1v) is 14.9. The van der Waals surface area contributed by atoms with Gasteiger partial charge in [-0.15, -0.1) is 0 Å². The molecule has 3 fully saturated rings. The van der Waals surface area contributed by atoms with Crippen molar-refractivity contribution >= 4 is 17.5 Å². The predicted octanol–water partition coefficient (Wildman–Crippen LogP) is 5.31. The lowest BCUT2D eigenvalue weighted by Gasteiger charge is -2.69. The second kappa shape index (κ2) is 8.62. The van der Waals surface area contributed by atoms with E-state index >= 15 is 0 Å². The maximum absolute atomic E-state index is 14.4. The fourth-order valence-corrected chi connectivity index (χ4v) is 10.3. The van der Waals surface area contributed by atoms with Crippen molar-refractivity contribution in [2.75, 3.05) is 13.2 Å². The summed E-state index contributed by atoms with van der Waals surface area (Å²) in [5, 5.41) is 22.1. The summed E-state index contributed by atoms with van der Waals surface area (Å²) in [6, 6.07) is 2.17. The Hall–Kier alpha value is -2.26. The third kappa shape index (κ3) is 3.57. The summed E-state index contributed by atoms with van der Waals surface area (Å²) in [5.41, 5.74) is -0.974. The SMILES string of the molecule is CC1(C)C(=O)C(C#N)=C[C@]2(C)C3=CC(=O)[C@@H]4[C@@H]5C[C@@](C)(C(=O)NCCO)CC[C@]5(C)CC[C@@]4(C)[C@]3(C)CCC12. The Kier molecular flexibility index (Phi) is 6.25. The number of nitriles is 1. The maximum Gasteiger partial charge on any atom is 0.226 e. The van der Waals surface area contributed by atoms with Gasteiger partial charge in [-0.2, -0.15) is 5.26 Å². The van der Waals surface area contributed by atoms with E-state index in [1.54, 1.807) is 0 Å². The third-order valence-corrected chi connectivity index (χ3v) is 13.0. The molecular formula is C33H46N2O4. The van der Waals surface area contributed by atoms with Crippen LogP contribution in [0.4, 0.5) is 0 Å². The molecule has 6 nitrogen and oxygen atoms in total. The number of hydrogen-bond acceptors (Lipinski definition) is 5. The van der Waals surface area contributed by atoms with E-state index in [2.05, 4.69) is 39.1 Å². The first kappa shape index (κ1) is 28.3. The molecule has 39 heavy (non-hydrogen) atoms. The zero-order valence-electron chi connectivity index (χ0n) is 24.9. The number of ketones is 2. The monoisotopic (exact) mass is 534 g/mol. The molecule has 5 aliphatic carbocycles. The van der Waals surface area contributed by atoms with Gasteiger partial charge in [0.05, 0.1) is 12.2 Å². The Bertz CT molecular complexity index is 1240. The van der Waals surface area contributed by atoms with Gasteiger partial charge in [-0.25, -0.2) is 0 Å². The molecule has 0 bridgehead atoms. The highest BCUT2D eigenvalue weighted by Crippen LogP contribution is 2.74. The van der Waals surface area contributed by atoms with Gasteiger partial charge in [-0.3, -0.25) is 14.4 Å². The lowest BCUT2D eigenvalue weighted by atomic mass is 9.34. The number of nitrogens with zero attached hydrogens (tertiary/aromatic N) is 1. The number of carbonyl (C=O) groups excluding carboxylic acids is 3. The van der Waals surface area contributed by atoms with Gasteiger partial charge in [0, 0.05) is 28.7 Å². The van der Waals surface area contributed by atoms with Crippen molar-refractivity contribution < 1.29 is 19.5 Å². The molecular weight excluding hydrogens is 488 g/mol. The van der Waals surface area contributed by atoms with Gasteiger partial charge in [-0.1, -0.05) is 60.1 Å². The highest BCUT2D eigenvalue weighted by atomic mass is 16.3. The van der Waals surface area contributed by atoms with Crippen LogP contribution in [-0.2, 0) is 14.4 Å². The number of Topliss-reactive ketones (excluding diaryl/α,β-unsaturated/α-hetero) is 1. The van der Waals surface area contributed by atoms with Crippen LogP contribution in [0.15, 0.2) is 23.3 Å². The number of allylic oxidation sites excluding steroid dienone is 4. The zero-order chi connectivity index (χ0) is 28.8. The molecule has 0 aromatic carbocycles. The fraction of sp³-hybridized carbons (Fsp3) is 0.758. The molecule has 0 aromatic rings. The number of rotatable bonds is 3. The number of aliphatic hydroxyl groups is 1. The lowest BCUT2D eigenvalue weighted by molar-refractivity contribution is -0.172. The first-order chi connectivity index (χ1) is 18.0. The molecule has 0 saturated heterocycles. The molecule has 212 valence electrons. The minimum Gasteiger partial charge on any atom is -0.395 e. The Labute approximate surface area is 233 Å². The number of carbonyl (C=O) groups is 3. The number of amides is 1. The molecule has 0 radical (unpaired) electrons. The average molecular weight is 535 g/mol. The summed E-state index contributed by atoms with van der Waals surface area (Å²) in [6.07, 6.45) is 9.94. The van der Waals surface area contributed by atoms with E-state index in [0.29, 0.717) is 6.42 Å². The summed E-state index contributed by atoms with van der Waals surface area (Å²) in [7, 11) is 0. The van der Waals surface area contributed by atoms with Crippen molar-refractivity contribution in [3.63, 3.8) is 0 Å². The van der Waals surface area contributed by atoms with Crippen LogP contribution in [-0.4, -0.2) is 35.7 Å². The molecule has 0 spiro atoms. The molecule has 0 aromatic heterocycles. The van der Waals surface area contributed by atoms with Crippen LogP contribution in [0, 0.1) is 61.6 Å². The largest absolute Gasteiger partial charge is 0.395 e. The Morgan fingerprint density at radius 1 is 1.05 bits per heavy atom. The highest BCUT2D eigenvalue weighted by Gasteiger charge is 2.69. The summed E-state index contributed by atoms with van der Waals surface area (Å²) in [5.74, 6) is 0.00341. The summed E-state index contributed by atoms with van der Waals surface area (Å²) in [6.45, 7) is 15.3. The normalized spacial score (nSPS) is 46.4. The van der Waals surface area contributed by atoms with Crippen LogP contribution >= 0.6 is 0 Å². The van der Waals surface area contributed by atoms with Crippen LogP contribution in [0.2, 0.25) is 0 Å². The Morgan fingerprint density at radius 2 is 1.72 bits per heavy atom. The molecule has 1 amide bonds.